The van der Waals surface area contributed by atoms with Crippen LogP contribution in [0.15, 0.2) is 12.1 Å². The van der Waals surface area contributed by atoms with Crippen LogP contribution in [0.1, 0.15) is 56.1 Å². The van der Waals surface area contributed by atoms with E-state index in [0.29, 0.717) is 29.3 Å². The van der Waals surface area contributed by atoms with Crippen LogP contribution in [0, 0.1) is 17.3 Å². The summed E-state index contributed by atoms with van der Waals surface area (Å²) in [6, 6.07) is 4.34. The highest BCUT2D eigenvalue weighted by Gasteiger charge is 2.54. The monoisotopic (exact) mass is 354 g/mol. The molecule has 1 aliphatic heterocycles. The predicted molar refractivity (Wildman–Crippen MR) is 103 cm³/mol. The molecule has 0 bridgehead atoms. The minimum absolute atomic E-state index is 0.0586. The summed E-state index contributed by atoms with van der Waals surface area (Å²) in [7, 11) is 0. The van der Waals surface area contributed by atoms with E-state index in [0.717, 1.165) is 64.0 Å². The van der Waals surface area contributed by atoms with Gasteiger partial charge in [-0.1, -0.05) is 6.92 Å². The van der Waals surface area contributed by atoms with E-state index in [1.54, 1.807) is 0 Å². The van der Waals surface area contributed by atoms with Crippen molar-refractivity contribution in [3.05, 3.63) is 23.3 Å². The number of nitrogens with zero attached hydrogens (tertiary/aromatic N) is 1. The second-order valence-electron chi connectivity index (χ2n) is 9.11. The van der Waals surface area contributed by atoms with E-state index in [1.165, 1.54) is 17.5 Å². The molecular weight excluding hydrogens is 324 g/mol. The zero-order chi connectivity index (χ0) is 17.9. The maximum absolute atomic E-state index is 12.5. The Balaban J connectivity index is 1.50. The van der Waals surface area contributed by atoms with Crippen LogP contribution in [0.4, 0.5) is 5.69 Å². The van der Waals surface area contributed by atoms with Gasteiger partial charge >= 0.3 is 0 Å². The first kappa shape index (κ1) is 16.6. The highest BCUT2D eigenvalue weighted by molar-refractivity contribution is 5.87. The summed E-state index contributed by atoms with van der Waals surface area (Å²) in [5, 5.41) is 14.0. The molecule has 26 heavy (non-hydrogen) atoms. The first-order chi connectivity index (χ1) is 12.6. The Morgan fingerprint density at radius 2 is 1.96 bits per heavy atom. The van der Waals surface area contributed by atoms with Crippen molar-refractivity contribution in [3.63, 3.8) is 0 Å². The van der Waals surface area contributed by atoms with E-state index in [9.17, 15) is 9.90 Å². The average Bonchev–Trinajstić information content (AvgIpc) is 2.96. The summed E-state index contributed by atoms with van der Waals surface area (Å²) in [5.74, 6) is 2.75. The van der Waals surface area contributed by atoms with Crippen LogP contribution >= 0.6 is 0 Å². The molecule has 0 spiro atoms. The molecular formula is C22H30N2O2. The fourth-order valence-corrected chi connectivity index (χ4v) is 6.53. The Labute approximate surface area is 156 Å². The number of aromatic hydroxyl groups is 1. The second-order valence-corrected chi connectivity index (χ2v) is 9.11. The van der Waals surface area contributed by atoms with Gasteiger partial charge in [0.15, 0.2) is 0 Å². The molecule has 0 aromatic heterocycles. The molecule has 2 N–H and O–H groups in total. The molecule has 3 aliphatic carbocycles. The molecule has 4 nitrogen and oxygen atoms in total. The molecule has 3 fully saturated rings. The molecule has 1 aromatic rings. The van der Waals surface area contributed by atoms with E-state index in [-0.39, 0.29) is 5.41 Å². The van der Waals surface area contributed by atoms with Gasteiger partial charge in [0.05, 0.1) is 5.69 Å². The normalized spacial score (nSPS) is 36.4. The Bertz CT molecular complexity index is 740. The topological polar surface area (TPSA) is 52.6 Å². The number of carbonyl (C=O) groups is 1. The van der Waals surface area contributed by atoms with Crippen molar-refractivity contribution < 1.29 is 9.90 Å². The van der Waals surface area contributed by atoms with Crippen LogP contribution in [0.5, 0.6) is 5.75 Å². The predicted octanol–water partition coefficient (Wildman–Crippen LogP) is 3.23. The zero-order valence-corrected chi connectivity index (χ0v) is 15.8. The van der Waals surface area contributed by atoms with Gasteiger partial charge in [0, 0.05) is 38.0 Å². The number of hydrogen-bond donors (Lipinski definition) is 2. The van der Waals surface area contributed by atoms with Crippen LogP contribution in [-0.2, 0) is 11.2 Å². The van der Waals surface area contributed by atoms with Crippen LogP contribution < -0.4 is 10.2 Å². The van der Waals surface area contributed by atoms with Crippen LogP contribution in [0.3, 0.4) is 0 Å². The molecule has 2 saturated carbocycles. The number of aryl methyl sites for hydroxylation is 1. The number of carbonyl (C=O) groups excluding carboxylic acids is 1. The Hall–Kier alpha value is -1.55. The summed E-state index contributed by atoms with van der Waals surface area (Å²) < 4.78 is 0. The summed E-state index contributed by atoms with van der Waals surface area (Å²) in [6.07, 6.45) is 6.28. The number of phenols is 1. The first-order valence-corrected chi connectivity index (χ1v) is 10.4. The molecule has 0 radical (unpaired) electrons. The maximum atomic E-state index is 12.5. The van der Waals surface area contributed by atoms with Gasteiger partial charge < -0.3 is 15.3 Å². The Morgan fingerprint density at radius 1 is 1.15 bits per heavy atom. The van der Waals surface area contributed by atoms with Gasteiger partial charge in [-0.05, 0) is 73.1 Å². The number of phenolic OH excluding ortho intramolecular Hbond substituents is 1. The molecule has 4 heteroatoms. The van der Waals surface area contributed by atoms with Gasteiger partial charge in [0.25, 0.3) is 0 Å². The lowest BCUT2D eigenvalue weighted by Crippen LogP contribution is -2.44. The smallest absolute Gasteiger partial charge is 0.139 e. The van der Waals surface area contributed by atoms with Crippen LogP contribution in [0.25, 0.3) is 0 Å². The van der Waals surface area contributed by atoms with E-state index < -0.39 is 0 Å². The zero-order valence-electron chi connectivity index (χ0n) is 15.8. The number of piperazine rings is 1. The second kappa shape index (κ2) is 5.98. The van der Waals surface area contributed by atoms with Crippen molar-refractivity contribution in [1.29, 1.82) is 0 Å². The lowest BCUT2D eigenvalue weighted by molar-refractivity contribution is -0.129. The summed E-state index contributed by atoms with van der Waals surface area (Å²) in [6.45, 7) is 6.10. The standard InChI is InChI=1S/C22H30N2O2/c1-22-7-6-15-16(18(22)4-5-21(22)26)3-2-14-12-20(25)19(13-17(14)15)24-10-8-23-9-11-24/h12-13,15-16,18,23,25H,2-11H2,1H3/t15-,16+,18-,22-/m0/s1. The highest BCUT2D eigenvalue weighted by Crippen LogP contribution is 2.60. The third-order valence-corrected chi connectivity index (χ3v) is 7.99. The number of nitrogens with one attached hydrogen (secondary N) is 1. The molecule has 1 aromatic carbocycles. The number of rotatable bonds is 1. The number of fused-ring (bicyclic) bond motifs is 5. The minimum Gasteiger partial charge on any atom is -0.506 e. The summed E-state index contributed by atoms with van der Waals surface area (Å²) in [5.41, 5.74) is 3.77. The average molecular weight is 354 g/mol. The van der Waals surface area contributed by atoms with E-state index in [4.69, 9.17) is 0 Å². The van der Waals surface area contributed by atoms with Crippen molar-refractivity contribution in [2.75, 3.05) is 31.1 Å². The van der Waals surface area contributed by atoms with Crippen molar-refractivity contribution >= 4 is 11.5 Å². The van der Waals surface area contributed by atoms with Gasteiger partial charge in [-0.15, -0.1) is 0 Å². The Kier molecular flexibility index (Phi) is 3.82. The fraction of sp³-hybridized carbons (Fsp3) is 0.682. The van der Waals surface area contributed by atoms with Crippen molar-refractivity contribution in [2.45, 2.75) is 51.4 Å². The molecule has 4 atom stereocenters. The number of ketones is 1. The van der Waals surface area contributed by atoms with E-state index >= 15 is 0 Å². The molecule has 1 heterocycles. The number of benzene rings is 1. The number of hydrogen-bond acceptors (Lipinski definition) is 4. The fourth-order valence-electron chi connectivity index (χ4n) is 6.53. The van der Waals surface area contributed by atoms with Crippen molar-refractivity contribution in [3.8, 4) is 5.75 Å². The summed E-state index contributed by atoms with van der Waals surface area (Å²) in [4.78, 5) is 14.8. The van der Waals surface area contributed by atoms with Crippen molar-refractivity contribution in [2.24, 2.45) is 17.3 Å². The first-order valence-electron chi connectivity index (χ1n) is 10.4. The minimum atomic E-state index is -0.0586. The van der Waals surface area contributed by atoms with Crippen LogP contribution in [-0.4, -0.2) is 37.1 Å². The van der Waals surface area contributed by atoms with Gasteiger partial charge in [-0.2, -0.15) is 0 Å². The largest absolute Gasteiger partial charge is 0.506 e. The van der Waals surface area contributed by atoms with Crippen molar-refractivity contribution in [1.82, 2.24) is 5.32 Å². The number of Topliss-reactive ketones (excluding diaryl/α,β-unsaturated/α-hetero) is 1. The van der Waals surface area contributed by atoms with Gasteiger partial charge in [0.1, 0.15) is 11.5 Å². The Morgan fingerprint density at radius 3 is 2.77 bits per heavy atom. The molecule has 1 saturated heterocycles. The molecule has 0 unspecified atom stereocenters. The number of anilines is 1. The third-order valence-electron chi connectivity index (χ3n) is 7.99. The van der Waals surface area contributed by atoms with Crippen LogP contribution in [0.2, 0.25) is 0 Å². The molecule has 4 aliphatic rings. The third kappa shape index (κ3) is 2.34. The quantitative estimate of drug-likeness (QED) is 0.813. The van der Waals surface area contributed by atoms with Gasteiger partial charge in [-0.25, -0.2) is 0 Å². The maximum Gasteiger partial charge on any atom is 0.139 e. The molecule has 5 rings (SSSR count). The molecule has 0 amide bonds. The lowest BCUT2D eigenvalue weighted by Gasteiger charge is -2.48. The highest BCUT2D eigenvalue weighted by atomic mass is 16.3. The lowest BCUT2D eigenvalue weighted by atomic mass is 9.55. The van der Waals surface area contributed by atoms with E-state index in [2.05, 4.69) is 23.2 Å². The SMILES string of the molecule is C[C@]12CC[C@@H]3c4cc(N5CCNCC5)c(O)cc4CC[C@H]3[C@@H]1CCC2=O. The summed E-state index contributed by atoms with van der Waals surface area (Å²) >= 11 is 0. The van der Waals surface area contributed by atoms with Gasteiger partial charge in [0.2, 0.25) is 0 Å². The molecule has 140 valence electrons. The van der Waals surface area contributed by atoms with Gasteiger partial charge in [-0.3, -0.25) is 4.79 Å². The van der Waals surface area contributed by atoms with E-state index in [1.807, 2.05) is 6.07 Å².